The molecule has 256 valence electrons. The molecule has 2 fully saturated rings. The van der Waals surface area contributed by atoms with Gasteiger partial charge < -0.3 is 20.1 Å². The predicted octanol–water partition coefficient (Wildman–Crippen LogP) is 4.01. The minimum atomic E-state index is -1.21. The van der Waals surface area contributed by atoms with E-state index in [4.69, 9.17) is 14.5 Å². The number of carbonyl (C=O) groups is 5. The van der Waals surface area contributed by atoms with E-state index in [9.17, 15) is 24.0 Å². The fraction of sp³-hybridized carbons (Fsp3) is 0.500. The Morgan fingerprint density at radius 1 is 1.10 bits per heavy atom. The van der Waals surface area contributed by atoms with E-state index in [0.29, 0.717) is 50.8 Å². The summed E-state index contributed by atoms with van der Waals surface area (Å²) in [5.74, 6) is -2.85. The summed E-state index contributed by atoms with van der Waals surface area (Å²) in [6.07, 6.45) is 5.06. The van der Waals surface area contributed by atoms with Crippen molar-refractivity contribution in [3.8, 4) is 0 Å². The average Bonchev–Trinajstić information content (AvgIpc) is 3.08. The number of nitrogens with one attached hydrogen (secondary N) is 3. The van der Waals surface area contributed by atoms with Gasteiger partial charge in [0.1, 0.15) is 17.8 Å². The Morgan fingerprint density at radius 3 is 2.54 bits per heavy atom. The van der Waals surface area contributed by atoms with Gasteiger partial charge in [-0.1, -0.05) is 57.7 Å². The number of cyclic esters (lactones) is 1. The Bertz CT molecular complexity index is 1630. The number of amides is 3. The quantitative estimate of drug-likeness (QED) is 0.327. The third-order valence-electron chi connectivity index (χ3n) is 9.33. The third kappa shape index (κ3) is 7.75. The van der Waals surface area contributed by atoms with Gasteiger partial charge in [-0.15, -0.1) is 0 Å². The van der Waals surface area contributed by atoms with Crippen LogP contribution in [0.15, 0.2) is 48.7 Å². The number of aromatic nitrogens is 1. The molecule has 0 radical (unpaired) electrons. The largest absolute Gasteiger partial charge is 0.462 e. The second-order valence-electron chi connectivity index (χ2n) is 13.3. The van der Waals surface area contributed by atoms with E-state index >= 15 is 0 Å². The highest BCUT2D eigenvalue weighted by Gasteiger charge is 2.44. The lowest BCUT2D eigenvalue weighted by molar-refractivity contribution is -0.169. The molecule has 2 aliphatic heterocycles. The van der Waals surface area contributed by atoms with Crippen molar-refractivity contribution < 1.29 is 33.4 Å². The lowest BCUT2D eigenvalue weighted by atomic mass is 9.72. The Balaban J connectivity index is 1.52. The van der Waals surface area contributed by atoms with Gasteiger partial charge in [0.15, 0.2) is 6.10 Å². The standard InChI is InChI=1S/C36H45N5O7/c1-6-30(42)47-26-14-17-36(18-15-26)16-13-24-9-10-25-11-12-27(39-29(25)20-24)22(4)37-32(43)28-8-7-19-41(40-28)34(45)23(5)38-33(44)31(21(2)3)48-35(36)46/h9-13,16,20-22,26,28,31,40H,5-8,14-15,17-19H2,1-4H3,(H,37,43)(H,38,44)/b16-13+/t22-,26?,28+,31+,36?/m1/s1. The molecule has 12 heteroatoms. The highest BCUT2D eigenvalue weighted by molar-refractivity contribution is 5.98. The molecule has 2 aromatic rings. The Morgan fingerprint density at radius 2 is 1.83 bits per heavy atom. The molecule has 3 aliphatic rings. The van der Waals surface area contributed by atoms with Crippen LogP contribution < -0.4 is 16.1 Å². The van der Waals surface area contributed by atoms with Crippen molar-refractivity contribution in [3.05, 3.63) is 59.9 Å². The number of hydrogen-bond donors (Lipinski definition) is 3. The van der Waals surface area contributed by atoms with Crippen LogP contribution in [-0.2, 0) is 33.4 Å². The van der Waals surface area contributed by atoms with Gasteiger partial charge >= 0.3 is 11.9 Å². The van der Waals surface area contributed by atoms with Gasteiger partial charge in [0.25, 0.3) is 11.8 Å². The highest BCUT2D eigenvalue weighted by atomic mass is 16.6. The molecule has 1 saturated heterocycles. The van der Waals surface area contributed by atoms with E-state index in [-0.39, 0.29) is 30.1 Å². The molecule has 3 N–H and O–H groups in total. The van der Waals surface area contributed by atoms with Crippen LogP contribution in [0.4, 0.5) is 0 Å². The number of esters is 2. The molecule has 1 aliphatic carbocycles. The van der Waals surface area contributed by atoms with E-state index in [1.54, 1.807) is 20.8 Å². The molecule has 48 heavy (non-hydrogen) atoms. The third-order valence-corrected chi connectivity index (χ3v) is 9.33. The summed E-state index contributed by atoms with van der Waals surface area (Å²) in [5, 5.41) is 7.74. The molecule has 1 spiro atoms. The monoisotopic (exact) mass is 659 g/mol. The molecule has 3 heterocycles. The van der Waals surface area contributed by atoms with Crippen LogP contribution >= 0.6 is 0 Å². The number of nitrogens with zero attached hydrogens (tertiary/aromatic N) is 2. The van der Waals surface area contributed by atoms with Crippen LogP contribution in [0, 0.1) is 11.3 Å². The van der Waals surface area contributed by atoms with Crippen molar-refractivity contribution in [3.63, 3.8) is 0 Å². The van der Waals surface area contributed by atoms with Crippen LogP contribution in [0.1, 0.15) is 89.9 Å². The van der Waals surface area contributed by atoms with Gasteiger partial charge in [-0.2, -0.15) is 0 Å². The van der Waals surface area contributed by atoms with Gasteiger partial charge in [-0.25, -0.2) is 5.43 Å². The summed E-state index contributed by atoms with van der Waals surface area (Å²) in [6, 6.07) is 8.52. The summed E-state index contributed by atoms with van der Waals surface area (Å²) in [4.78, 5) is 71.0. The Kier molecular flexibility index (Phi) is 10.6. The summed E-state index contributed by atoms with van der Waals surface area (Å²) < 4.78 is 11.5. The summed E-state index contributed by atoms with van der Waals surface area (Å²) in [5.41, 5.74) is 3.87. The first-order valence-electron chi connectivity index (χ1n) is 16.8. The van der Waals surface area contributed by atoms with Gasteiger partial charge in [0, 0.05) is 18.4 Å². The van der Waals surface area contributed by atoms with Crippen molar-refractivity contribution in [2.75, 3.05) is 6.54 Å². The predicted molar refractivity (Wildman–Crippen MR) is 178 cm³/mol. The first kappa shape index (κ1) is 34.7. The van der Waals surface area contributed by atoms with Crippen molar-refractivity contribution in [1.82, 2.24) is 26.1 Å². The lowest BCUT2D eigenvalue weighted by Crippen LogP contribution is -2.58. The zero-order valence-electron chi connectivity index (χ0n) is 28.0. The molecule has 1 aromatic carbocycles. The number of benzene rings is 1. The van der Waals surface area contributed by atoms with Gasteiger partial charge in [0.2, 0.25) is 5.91 Å². The fourth-order valence-electron chi connectivity index (χ4n) is 6.35. The Labute approximate surface area is 280 Å². The number of fused-ring (bicyclic) bond motifs is 4. The highest BCUT2D eigenvalue weighted by Crippen LogP contribution is 2.41. The smallest absolute Gasteiger partial charge is 0.316 e. The molecule has 5 rings (SSSR count). The maximum atomic E-state index is 14.1. The minimum absolute atomic E-state index is 0.209. The van der Waals surface area contributed by atoms with Crippen LogP contribution in [0.25, 0.3) is 17.0 Å². The molecule has 1 saturated carbocycles. The zero-order valence-corrected chi connectivity index (χ0v) is 28.0. The molecule has 3 atom stereocenters. The number of hydrazine groups is 1. The van der Waals surface area contributed by atoms with Crippen molar-refractivity contribution >= 4 is 46.6 Å². The summed E-state index contributed by atoms with van der Waals surface area (Å²) in [7, 11) is 0. The average molecular weight is 660 g/mol. The molecule has 12 nitrogen and oxygen atoms in total. The first-order chi connectivity index (χ1) is 22.9. The summed E-state index contributed by atoms with van der Waals surface area (Å²) in [6.45, 7) is 11.2. The zero-order chi connectivity index (χ0) is 34.6. The molecular weight excluding hydrogens is 614 g/mol. The van der Waals surface area contributed by atoms with Crippen LogP contribution in [0.2, 0.25) is 0 Å². The van der Waals surface area contributed by atoms with Gasteiger partial charge in [-0.05, 0) is 69.1 Å². The number of pyridine rings is 1. The summed E-state index contributed by atoms with van der Waals surface area (Å²) >= 11 is 0. The Hall–Kier alpha value is -4.58. The molecule has 5 bridgehead atoms. The first-order valence-corrected chi connectivity index (χ1v) is 16.8. The van der Waals surface area contributed by atoms with Crippen molar-refractivity contribution in [1.29, 1.82) is 0 Å². The van der Waals surface area contributed by atoms with E-state index in [1.165, 1.54) is 5.01 Å². The van der Waals surface area contributed by atoms with Crippen molar-refractivity contribution in [2.45, 2.75) is 96.9 Å². The topological polar surface area (TPSA) is 156 Å². The fourth-order valence-corrected chi connectivity index (χ4v) is 6.35. The molecule has 3 amide bonds. The van der Waals surface area contributed by atoms with Crippen LogP contribution in [0.5, 0.6) is 0 Å². The maximum Gasteiger partial charge on any atom is 0.316 e. The number of hydrogen-bond acceptors (Lipinski definition) is 9. The van der Waals surface area contributed by atoms with E-state index in [1.807, 2.05) is 49.4 Å². The van der Waals surface area contributed by atoms with Crippen LogP contribution in [0.3, 0.4) is 0 Å². The second-order valence-corrected chi connectivity index (χ2v) is 13.3. The van der Waals surface area contributed by atoms with E-state index < -0.39 is 47.3 Å². The molecule has 0 unspecified atom stereocenters. The molecule has 1 aromatic heterocycles. The minimum Gasteiger partial charge on any atom is -0.462 e. The maximum absolute atomic E-state index is 14.1. The van der Waals surface area contributed by atoms with Gasteiger partial charge in [-0.3, -0.25) is 34.0 Å². The lowest BCUT2D eigenvalue weighted by Gasteiger charge is -2.37. The number of carbonyl (C=O) groups excluding carboxylic acids is 5. The molecular formula is C36H45N5O7. The van der Waals surface area contributed by atoms with E-state index in [0.717, 1.165) is 16.5 Å². The normalized spacial score (nSPS) is 28.2. The van der Waals surface area contributed by atoms with E-state index in [2.05, 4.69) is 22.6 Å². The van der Waals surface area contributed by atoms with Gasteiger partial charge in [0.05, 0.1) is 22.7 Å². The van der Waals surface area contributed by atoms with Crippen molar-refractivity contribution in [2.24, 2.45) is 11.3 Å². The number of ether oxygens (including phenoxy) is 2. The number of rotatable bonds is 3. The van der Waals surface area contributed by atoms with Crippen LogP contribution in [-0.4, -0.2) is 64.4 Å². The second kappa shape index (κ2) is 14.7. The SMILES string of the molecule is C=C1NC(=O)[C@H](C(C)C)OC(=O)C2(/C=C/c3ccc4ccc(nc4c3)[C@@H](C)NC(=O)[C@@H]3CCCN(N3)C1=O)CCC(OC(=O)CC)CC2.